The van der Waals surface area contributed by atoms with Crippen molar-refractivity contribution < 1.29 is 4.79 Å². The lowest BCUT2D eigenvalue weighted by molar-refractivity contribution is 0.248. The molecule has 0 aromatic carbocycles. The van der Waals surface area contributed by atoms with E-state index in [1.165, 1.54) is 0 Å². The van der Waals surface area contributed by atoms with Crippen LogP contribution in [-0.4, -0.2) is 17.8 Å². The van der Waals surface area contributed by atoms with E-state index >= 15 is 0 Å². The summed E-state index contributed by atoms with van der Waals surface area (Å²) in [7, 11) is 0. The molecule has 0 aromatic heterocycles. The molecule has 0 spiro atoms. The van der Waals surface area contributed by atoms with Crippen LogP contribution in [0.5, 0.6) is 0 Å². The van der Waals surface area contributed by atoms with Crippen LogP contribution in [0.25, 0.3) is 0 Å². The van der Waals surface area contributed by atoms with E-state index < -0.39 is 0 Å². The van der Waals surface area contributed by atoms with E-state index in [-0.39, 0.29) is 11.6 Å². The first-order valence-electron chi connectivity index (χ1n) is 2.47. The Hall–Kier alpha value is -0.860. The molecule has 0 radical (unpaired) electrons. The van der Waals surface area contributed by atoms with Gasteiger partial charge in [-0.25, -0.2) is 9.79 Å². The van der Waals surface area contributed by atoms with Crippen LogP contribution < -0.4 is 5.32 Å². The molecule has 1 aliphatic heterocycles. The molecule has 1 aliphatic rings. The van der Waals surface area contributed by atoms with Crippen molar-refractivity contribution in [2.24, 2.45) is 4.99 Å². The fraction of sp³-hybridized carbons (Fsp3) is 0.600. The Morgan fingerprint density at radius 2 is 2.38 bits per heavy atom. The normalized spacial score (nSPS) is 23.5. The number of rotatable bonds is 0. The average Bonchev–Trinajstić information content (AvgIpc) is 1.82. The van der Waals surface area contributed by atoms with E-state index in [4.69, 9.17) is 0 Å². The summed E-state index contributed by atoms with van der Waals surface area (Å²) in [6.45, 7) is 3.78. The standard InChI is InChI=1S/C5H8N2O/c1-5(2)3-6-4(8)7-5/h3H,1-2H3,(H,7,8). The summed E-state index contributed by atoms with van der Waals surface area (Å²) < 4.78 is 0. The predicted molar refractivity (Wildman–Crippen MR) is 31.1 cm³/mol. The topological polar surface area (TPSA) is 41.5 Å². The molecule has 0 unspecified atom stereocenters. The summed E-state index contributed by atoms with van der Waals surface area (Å²) in [6, 6.07) is -0.241. The maximum Gasteiger partial charge on any atom is 0.341 e. The van der Waals surface area contributed by atoms with Gasteiger partial charge in [-0.2, -0.15) is 0 Å². The second-order valence-electron chi connectivity index (χ2n) is 2.41. The largest absolute Gasteiger partial charge is 0.341 e. The fourth-order valence-electron chi connectivity index (χ4n) is 0.560. The molecule has 8 heavy (non-hydrogen) atoms. The van der Waals surface area contributed by atoms with E-state index in [9.17, 15) is 4.79 Å². The summed E-state index contributed by atoms with van der Waals surface area (Å²) >= 11 is 0. The predicted octanol–water partition coefficient (Wildman–Crippen LogP) is 0.559. The van der Waals surface area contributed by atoms with Crippen LogP contribution >= 0.6 is 0 Å². The van der Waals surface area contributed by atoms with Crippen LogP contribution in [0.3, 0.4) is 0 Å². The van der Waals surface area contributed by atoms with Gasteiger partial charge >= 0.3 is 6.03 Å². The van der Waals surface area contributed by atoms with Gasteiger partial charge in [0, 0.05) is 6.21 Å². The first-order chi connectivity index (χ1) is 3.60. The van der Waals surface area contributed by atoms with Crippen molar-refractivity contribution in [2.75, 3.05) is 0 Å². The molecule has 0 atom stereocenters. The van der Waals surface area contributed by atoms with Crippen molar-refractivity contribution in [1.29, 1.82) is 0 Å². The molecule has 1 N–H and O–H groups in total. The molecular formula is C5H8N2O. The minimum absolute atomic E-state index is 0.225. The minimum atomic E-state index is -0.241. The number of nitrogens with zero attached hydrogens (tertiary/aromatic N) is 1. The Morgan fingerprint density at radius 1 is 1.75 bits per heavy atom. The molecule has 0 saturated carbocycles. The number of amides is 2. The number of urea groups is 1. The highest BCUT2D eigenvalue weighted by atomic mass is 16.2. The maximum atomic E-state index is 10.3. The van der Waals surface area contributed by atoms with Crippen LogP contribution in [0.4, 0.5) is 4.79 Å². The van der Waals surface area contributed by atoms with Gasteiger partial charge in [0.05, 0.1) is 5.54 Å². The lowest BCUT2D eigenvalue weighted by atomic mass is 10.1. The smallest absolute Gasteiger partial charge is 0.326 e. The Balaban J connectivity index is 2.72. The Morgan fingerprint density at radius 3 is 2.50 bits per heavy atom. The number of hydrogen-bond donors (Lipinski definition) is 1. The Kier molecular flexibility index (Phi) is 0.863. The van der Waals surface area contributed by atoms with Crippen molar-refractivity contribution in [3.8, 4) is 0 Å². The molecule has 44 valence electrons. The van der Waals surface area contributed by atoms with Crippen LogP contribution in [-0.2, 0) is 0 Å². The molecule has 0 bridgehead atoms. The number of nitrogens with one attached hydrogen (secondary N) is 1. The summed E-state index contributed by atoms with van der Waals surface area (Å²) in [4.78, 5) is 13.9. The van der Waals surface area contributed by atoms with Crippen molar-refractivity contribution >= 4 is 12.2 Å². The van der Waals surface area contributed by atoms with Crippen molar-refractivity contribution in [2.45, 2.75) is 19.4 Å². The first kappa shape index (κ1) is 5.28. The highest BCUT2D eigenvalue weighted by Crippen LogP contribution is 2.03. The van der Waals surface area contributed by atoms with Gasteiger partial charge in [-0.3, -0.25) is 0 Å². The number of hydrogen-bond acceptors (Lipinski definition) is 1. The van der Waals surface area contributed by atoms with Gasteiger partial charge in [0.2, 0.25) is 0 Å². The third-order valence-corrected chi connectivity index (χ3v) is 0.934. The van der Waals surface area contributed by atoms with E-state index in [0.29, 0.717) is 0 Å². The zero-order valence-electron chi connectivity index (χ0n) is 4.93. The van der Waals surface area contributed by atoms with Crippen LogP contribution in [0.15, 0.2) is 4.99 Å². The molecule has 3 nitrogen and oxygen atoms in total. The number of aliphatic imine (C=N–C) groups is 1. The SMILES string of the molecule is CC1(C)C=NC(=O)N1. The second kappa shape index (κ2) is 1.31. The van der Waals surface area contributed by atoms with Gasteiger partial charge in [-0.15, -0.1) is 0 Å². The van der Waals surface area contributed by atoms with E-state index in [1.54, 1.807) is 6.21 Å². The maximum absolute atomic E-state index is 10.3. The van der Waals surface area contributed by atoms with Gasteiger partial charge in [-0.1, -0.05) is 0 Å². The fourth-order valence-corrected chi connectivity index (χ4v) is 0.560. The Bertz CT molecular complexity index is 149. The highest BCUT2D eigenvalue weighted by Gasteiger charge is 2.22. The number of carbonyl (C=O) groups is 1. The molecule has 3 heteroatoms. The quantitative estimate of drug-likeness (QED) is 0.488. The van der Waals surface area contributed by atoms with Gasteiger partial charge in [-0.05, 0) is 13.8 Å². The first-order valence-corrected chi connectivity index (χ1v) is 2.47. The molecule has 1 rings (SSSR count). The lowest BCUT2D eigenvalue weighted by Gasteiger charge is -2.11. The van der Waals surface area contributed by atoms with E-state index in [0.717, 1.165) is 0 Å². The molecule has 1 heterocycles. The third-order valence-electron chi connectivity index (χ3n) is 0.934. The van der Waals surface area contributed by atoms with Crippen LogP contribution in [0.2, 0.25) is 0 Å². The molecule has 2 amide bonds. The summed E-state index contributed by atoms with van der Waals surface area (Å²) in [6.07, 6.45) is 1.61. The monoisotopic (exact) mass is 112 g/mol. The minimum Gasteiger partial charge on any atom is -0.326 e. The van der Waals surface area contributed by atoms with Crippen LogP contribution in [0.1, 0.15) is 13.8 Å². The summed E-state index contributed by atoms with van der Waals surface area (Å²) in [5.74, 6) is 0. The zero-order valence-corrected chi connectivity index (χ0v) is 4.93. The zero-order chi connectivity index (χ0) is 6.20. The number of carbonyl (C=O) groups excluding carboxylic acids is 1. The van der Waals surface area contributed by atoms with E-state index in [1.807, 2.05) is 13.8 Å². The second-order valence-corrected chi connectivity index (χ2v) is 2.41. The molecule has 0 aliphatic carbocycles. The summed E-state index contributed by atoms with van der Waals surface area (Å²) in [5.41, 5.74) is -0.225. The van der Waals surface area contributed by atoms with Crippen molar-refractivity contribution in [1.82, 2.24) is 5.32 Å². The highest BCUT2D eigenvalue weighted by molar-refractivity contribution is 5.94. The Labute approximate surface area is 47.8 Å². The molecule has 0 fully saturated rings. The average molecular weight is 112 g/mol. The van der Waals surface area contributed by atoms with Gasteiger partial charge in [0.1, 0.15) is 0 Å². The lowest BCUT2D eigenvalue weighted by Crippen LogP contribution is -2.37. The molecule has 0 aromatic rings. The van der Waals surface area contributed by atoms with Gasteiger partial charge < -0.3 is 5.32 Å². The molecule has 0 saturated heterocycles. The summed E-state index contributed by atoms with van der Waals surface area (Å²) in [5, 5.41) is 2.63. The van der Waals surface area contributed by atoms with Gasteiger partial charge in [0.15, 0.2) is 0 Å². The van der Waals surface area contributed by atoms with Crippen molar-refractivity contribution in [3.05, 3.63) is 0 Å². The van der Waals surface area contributed by atoms with Gasteiger partial charge in [0.25, 0.3) is 0 Å². The van der Waals surface area contributed by atoms with Crippen LogP contribution in [0, 0.1) is 0 Å². The van der Waals surface area contributed by atoms with Crippen molar-refractivity contribution in [3.63, 3.8) is 0 Å². The molecular weight excluding hydrogens is 104 g/mol. The third kappa shape index (κ3) is 0.857. The van der Waals surface area contributed by atoms with E-state index in [2.05, 4.69) is 10.3 Å².